The number of aliphatic carboxylic acids is 1. The van der Waals surface area contributed by atoms with Crippen LogP contribution >= 0.6 is 0 Å². The molecule has 0 unspecified atom stereocenters. The van der Waals surface area contributed by atoms with Crippen molar-refractivity contribution in [3.05, 3.63) is 79.2 Å². The Morgan fingerprint density at radius 2 is 1.90 bits per heavy atom. The molecule has 0 radical (unpaired) electrons. The van der Waals surface area contributed by atoms with Gasteiger partial charge in [0.2, 0.25) is 11.9 Å². The van der Waals surface area contributed by atoms with Crippen molar-refractivity contribution >= 4 is 28.6 Å². The van der Waals surface area contributed by atoms with Crippen LogP contribution in [0.3, 0.4) is 0 Å². The quantitative estimate of drug-likeness (QED) is 0.345. The maximum absolute atomic E-state index is 13.5. The normalized spacial score (nSPS) is 11.1. The summed E-state index contributed by atoms with van der Waals surface area (Å²) in [5.74, 6) is -2.31. The highest BCUT2D eigenvalue weighted by Gasteiger charge is 2.10. The smallest absolute Gasteiger partial charge is 0.328 e. The second-order valence-corrected chi connectivity index (χ2v) is 6.43. The second kappa shape index (κ2) is 7.96. The van der Waals surface area contributed by atoms with Crippen LogP contribution in [0.5, 0.6) is 0 Å². The Morgan fingerprint density at radius 1 is 1.03 bits per heavy atom. The van der Waals surface area contributed by atoms with Gasteiger partial charge in [-0.15, -0.1) is 0 Å². The molecule has 1 amide bonds. The van der Waals surface area contributed by atoms with Gasteiger partial charge < -0.3 is 15.4 Å². The number of hydrogen-bond acceptors (Lipinski definition) is 4. The lowest BCUT2D eigenvalue weighted by atomic mass is 10.0. The molecule has 3 aromatic heterocycles. The molecule has 0 aliphatic carbocycles. The first-order valence-electron chi connectivity index (χ1n) is 8.91. The fourth-order valence-corrected chi connectivity index (χ4v) is 3.08. The zero-order valence-electron chi connectivity index (χ0n) is 15.5. The number of halogens is 1. The van der Waals surface area contributed by atoms with Crippen LogP contribution in [0.4, 0.5) is 10.1 Å². The highest BCUT2D eigenvalue weighted by molar-refractivity contribution is 6.02. The fourth-order valence-electron chi connectivity index (χ4n) is 3.08. The Kier molecular flexibility index (Phi) is 5.04. The summed E-state index contributed by atoms with van der Waals surface area (Å²) in [6.07, 6.45) is 6.59. The number of H-pyrrole nitrogens is 1. The zero-order chi connectivity index (χ0) is 21.1. The highest BCUT2D eigenvalue weighted by Crippen LogP contribution is 2.31. The largest absolute Gasteiger partial charge is 0.478 e. The molecule has 4 aromatic rings. The minimum Gasteiger partial charge on any atom is -0.478 e. The number of aromatic amines is 1. The number of anilines is 1. The van der Waals surface area contributed by atoms with Crippen LogP contribution in [0.15, 0.2) is 73.2 Å². The molecule has 8 heteroatoms. The minimum absolute atomic E-state index is 0.512. The lowest BCUT2D eigenvalue weighted by Crippen LogP contribution is -2.08. The van der Waals surface area contributed by atoms with E-state index < -0.39 is 17.8 Å². The van der Waals surface area contributed by atoms with Gasteiger partial charge in [-0.25, -0.2) is 14.8 Å². The van der Waals surface area contributed by atoms with Crippen molar-refractivity contribution in [2.24, 2.45) is 0 Å². The van der Waals surface area contributed by atoms with Gasteiger partial charge >= 0.3 is 5.97 Å². The average Bonchev–Trinajstić information content (AvgIpc) is 3.16. The predicted molar refractivity (Wildman–Crippen MR) is 110 cm³/mol. The first-order valence-corrected chi connectivity index (χ1v) is 8.91. The molecule has 0 spiro atoms. The molecule has 0 saturated heterocycles. The van der Waals surface area contributed by atoms with Crippen molar-refractivity contribution in [1.82, 2.24) is 15.0 Å². The summed E-state index contributed by atoms with van der Waals surface area (Å²) >= 11 is 0. The summed E-state index contributed by atoms with van der Waals surface area (Å²) < 4.78 is 13.5. The molecule has 1 aromatic carbocycles. The van der Waals surface area contributed by atoms with E-state index in [0.717, 1.165) is 34.2 Å². The monoisotopic (exact) mass is 402 g/mol. The van der Waals surface area contributed by atoms with Crippen molar-refractivity contribution in [3.8, 4) is 22.3 Å². The summed E-state index contributed by atoms with van der Waals surface area (Å²) in [7, 11) is 0. The standard InChI is InChI=1S/C22H15FN4O3/c23-19-10-14(6-7-24-19)18-12-26-22-17(18)9-15(11-25-22)13-2-1-3-16(8-13)27-20(28)4-5-21(29)30/h1-12H,(H,25,26)(H,27,28)(H,29,30)/b5-4+. The van der Waals surface area contributed by atoms with Gasteiger partial charge in [-0.1, -0.05) is 12.1 Å². The summed E-state index contributed by atoms with van der Waals surface area (Å²) in [5.41, 5.74) is 4.25. The predicted octanol–water partition coefficient (Wildman–Crippen LogP) is 4.01. The first kappa shape index (κ1) is 19.0. The van der Waals surface area contributed by atoms with Crippen LogP contribution in [-0.2, 0) is 9.59 Å². The molecule has 0 atom stereocenters. The molecule has 3 heterocycles. The molecule has 7 nitrogen and oxygen atoms in total. The number of rotatable bonds is 5. The Hall–Kier alpha value is -4.33. The van der Waals surface area contributed by atoms with E-state index in [1.165, 1.54) is 12.3 Å². The van der Waals surface area contributed by atoms with Crippen LogP contribution < -0.4 is 5.32 Å². The number of benzene rings is 1. The third-order valence-corrected chi connectivity index (χ3v) is 4.41. The van der Waals surface area contributed by atoms with Crippen molar-refractivity contribution in [3.63, 3.8) is 0 Å². The Bertz CT molecular complexity index is 1300. The summed E-state index contributed by atoms with van der Waals surface area (Å²) in [6, 6.07) is 12.1. The molecule has 0 bridgehead atoms. The van der Waals surface area contributed by atoms with E-state index in [9.17, 15) is 14.0 Å². The van der Waals surface area contributed by atoms with Crippen molar-refractivity contribution in [2.75, 3.05) is 5.32 Å². The van der Waals surface area contributed by atoms with Gasteiger partial charge in [-0.3, -0.25) is 4.79 Å². The number of hydrogen-bond donors (Lipinski definition) is 3. The number of nitrogens with one attached hydrogen (secondary N) is 2. The van der Waals surface area contributed by atoms with Crippen LogP contribution in [0, 0.1) is 5.95 Å². The van der Waals surface area contributed by atoms with Crippen molar-refractivity contribution in [1.29, 1.82) is 0 Å². The van der Waals surface area contributed by atoms with E-state index in [0.29, 0.717) is 16.9 Å². The van der Waals surface area contributed by atoms with Gasteiger partial charge in [-0.05, 0) is 35.4 Å². The zero-order valence-corrected chi connectivity index (χ0v) is 15.5. The van der Waals surface area contributed by atoms with Crippen LogP contribution in [0.2, 0.25) is 0 Å². The Morgan fingerprint density at radius 3 is 2.70 bits per heavy atom. The molecule has 4 rings (SSSR count). The Labute approximate surface area is 169 Å². The number of pyridine rings is 2. The van der Waals surface area contributed by atoms with Crippen molar-refractivity contribution in [2.45, 2.75) is 0 Å². The van der Waals surface area contributed by atoms with Gasteiger partial charge in [0.15, 0.2) is 0 Å². The average molecular weight is 402 g/mol. The number of amides is 1. The SMILES string of the molecule is O=C(O)/C=C/C(=O)Nc1cccc(-c2cnc3[nH]cc(-c4ccnc(F)c4)c3c2)c1. The summed E-state index contributed by atoms with van der Waals surface area (Å²) in [4.78, 5) is 33.5. The van der Waals surface area contributed by atoms with Crippen LogP contribution in [0.1, 0.15) is 0 Å². The Balaban J connectivity index is 1.67. The molecular weight excluding hydrogens is 387 g/mol. The molecule has 0 saturated carbocycles. The van der Waals surface area contributed by atoms with E-state index in [4.69, 9.17) is 5.11 Å². The van der Waals surface area contributed by atoms with E-state index in [1.807, 2.05) is 12.1 Å². The maximum atomic E-state index is 13.5. The van der Waals surface area contributed by atoms with Gasteiger partial charge in [0, 0.05) is 59.0 Å². The lowest BCUT2D eigenvalue weighted by molar-refractivity contribution is -0.131. The molecular formula is C22H15FN4O3. The number of carbonyl (C=O) groups excluding carboxylic acids is 1. The number of fused-ring (bicyclic) bond motifs is 1. The third kappa shape index (κ3) is 4.07. The number of carboxylic acids is 1. The van der Waals surface area contributed by atoms with Gasteiger partial charge in [-0.2, -0.15) is 4.39 Å². The van der Waals surface area contributed by atoms with E-state index in [-0.39, 0.29) is 0 Å². The number of aromatic nitrogens is 3. The number of carbonyl (C=O) groups is 2. The summed E-state index contributed by atoms with van der Waals surface area (Å²) in [5, 5.41) is 12.0. The van der Waals surface area contributed by atoms with Gasteiger partial charge in [0.1, 0.15) is 5.65 Å². The molecule has 0 fully saturated rings. The van der Waals surface area contributed by atoms with E-state index >= 15 is 0 Å². The fraction of sp³-hybridized carbons (Fsp3) is 0. The third-order valence-electron chi connectivity index (χ3n) is 4.41. The summed E-state index contributed by atoms with van der Waals surface area (Å²) in [6.45, 7) is 0. The molecule has 0 aliphatic rings. The van der Waals surface area contributed by atoms with Gasteiger partial charge in [0.05, 0.1) is 0 Å². The maximum Gasteiger partial charge on any atom is 0.328 e. The topological polar surface area (TPSA) is 108 Å². The first-order chi connectivity index (χ1) is 14.5. The minimum atomic E-state index is -1.20. The number of nitrogens with zero attached hydrogens (tertiary/aromatic N) is 2. The molecule has 148 valence electrons. The van der Waals surface area contributed by atoms with E-state index in [1.54, 1.807) is 36.7 Å². The number of carboxylic acid groups (broad SMARTS) is 1. The van der Waals surface area contributed by atoms with Crippen LogP contribution in [-0.4, -0.2) is 31.9 Å². The van der Waals surface area contributed by atoms with Crippen LogP contribution in [0.25, 0.3) is 33.3 Å². The lowest BCUT2D eigenvalue weighted by Gasteiger charge is -2.07. The highest BCUT2D eigenvalue weighted by atomic mass is 19.1. The molecule has 30 heavy (non-hydrogen) atoms. The second-order valence-electron chi connectivity index (χ2n) is 6.43. The van der Waals surface area contributed by atoms with Crippen molar-refractivity contribution < 1.29 is 19.1 Å². The van der Waals surface area contributed by atoms with Gasteiger partial charge in [0.25, 0.3) is 0 Å². The van der Waals surface area contributed by atoms with E-state index in [2.05, 4.69) is 20.3 Å². The molecule has 0 aliphatic heterocycles. The molecule has 3 N–H and O–H groups in total.